The van der Waals surface area contributed by atoms with E-state index in [2.05, 4.69) is 23.8 Å². The van der Waals surface area contributed by atoms with E-state index in [1.165, 1.54) is 30.3 Å². The largest absolute Gasteiger partial charge is 0.332 e. The summed E-state index contributed by atoms with van der Waals surface area (Å²) in [7, 11) is -2.13. The summed E-state index contributed by atoms with van der Waals surface area (Å²) >= 11 is 0. The number of amides is 1. The zero-order valence-electron chi connectivity index (χ0n) is 14.4. The van der Waals surface area contributed by atoms with Crippen molar-refractivity contribution in [1.29, 1.82) is 0 Å². The van der Waals surface area contributed by atoms with Gasteiger partial charge in [-0.25, -0.2) is 13.1 Å². The monoisotopic (exact) mass is 358 g/mol. The van der Waals surface area contributed by atoms with Crippen molar-refractivity contribution in [1.82, 2.24) is 9.62 Å². The Morgan fingerprint density at radius 1 is 1.12 bits per heavy atom. The topological polar surface area (TPSA) is 66.5 Å². The normalized spacial score (nSPS) is 17.7. The standard InChI is InChI=1S/C19H22N2O3S/c1-14-6-3-4-7-17(14)18-8-5-13-21(18)19(22)15-9-11-16(12-10-15)25(23,24)20-2/h3-4,6-7,9-12,18,20H,5,8,13H2,1-2H3/t18-/m0/s1. The molecule has 0 spiro atoms. The highest BCUT2D eigenvalue weighted by molar-refractivity contribution is 7.89. The molecule has 1 amide bonds. The van der Waals surface area contributed by atoms with Crippen molar-refractivity contribution in [2.24, 2.45) is 0 Å². The van der Waals surface area contributed by atoms with E-state index in [9.17, 15) is 13.2 Å². The Bertz CT molecular complexity index is 876. The van der Waals surface area contributed by atoms with Gasteiger partial charge in [0.15, 0.2) is 0 Å². The molecule has 1 aliphatic rings. The maximum atomic E-state index is 12.9. The van der Waals surface area contributed by atoms with Crippen LogP contribution in [0.15, 0.2) is 53.4 Å². The maximum absolute atomic E-state index is 12.9. The predicted molar refractivity (Wildman–Crippen MR) is 96.9 cm³/mol. The lowest BCUT2D eigenvalue weighted by atomic mass is 9.99. The van der Waals surface area contributed by atoms with Crippen LogP contribution in [0.2, 0.25) is 0 Å². The van der Waals surface area contributed by atoms with Crippen LogP contribution in [0.4, 0.5) is 0 Å². The van der Waals surface area contributed by atoms with E-state index < -0.39 is 10.0 Å². The number of rotatable bonds is 4. The van der Waals surface area contributed by atoms with Crippen LogP contribution in [0.1, 0.15) is 40.4 Å². The van der Waals surface area contributed by atoms with Gasteiger partial charge < -0.3 is 4.90 Å². The summed E-state index contributed by atoms with van der Waals surface area (Å²) in [5.74, 6) is -0.0563. The fraction of sp³-hybridized carbons (Fsp3) is 0.316. The number of sulfonamides is 1. The van der Waals surface area contributed by atoms with E-state index in [1.807, 2.05) is 17.0 Å². The molecule has 0 unspecified atom stereocenters. The fourth-order valence-electron chi connectivity index (χ4n) is 3.35. The summed E-state index contributed by atoms with van der Waals surface area (Å²) in [6, 6.07) is 14.3. The summed E-state index contributed by atoms with van der Waals surface area (Å²) in [5.41, 5.74) is 2.88. The number of nitrogens with zero attached hydrogens (tertiary/aromatic N) is 1. The number of carbonyl (C=O) groups excluding carboxylic acids is 1. The molecule has 1 aliphatic heterocycles. The Kier molecular flexibility index (Phi) is 4.92. The van der Waals surface area contributed by atoms with Crippen LogP contribution < -0.4 is 4.72 Å². The van der Waals surface area contributed by atoms with E-state index in [0.29, 0.717) is 12.1 Å². The summed E-state index contributed by atoms with van der Waals surface area (Å²) in [4.78, 5) is 15.0. The van der Waals surface area contributed by atoms with E-state index in [0.717, 1.165) is 12.8 Å². The van der Waals surface area contributed by atoms with E-state index in [1.54, 1.807) is 12.1 Å². The molecule has 6 heteroatoms. The number of aryl methyl sites for hydroxylation is 1. The van der Waals surface area contributed by atoms with Gasteiger partial charge in [0, 0.05) is 12.1 Å². The lowest BCUT2D eigenvalue weighted by Crippen LogP contribution is -2.31. The molecule has 1 saturated heterocycles. The average molecular weight is 358 g/mol. The molecule has 3 rings (SSSR count). The number of likely N-dealkylation sites (tertiary alicyclic amines) is 1. The molecular weight excluding hydrogens is 336 g/mol. The average Bonchev–Trinajstić information content (AvgIpc) is 3.11. The molecule has 0 saturated carbocycles. The molecule has 1 atom stereocenters. The second kappa shape index (κ2) is 6.98. The van der Waals surface area contributed by atoms with Crippen molar-refractivity contribution in [3.63, 3.8) is 0 Å². The highest BCUT2D eigenvalue weighted by Gasteiger charge is 2.31. The zero-order chi connectivity index (χ0) is 18.0. The van der Waals surface area contributed by atoms with Crippen LogP contribution in [0.25, 0.3) is 0 Å². The van der Waals surface area contributed by atoms with Crippen molar-refractivity contribution in [3.8, 4) is 0 Å². The highest BCUT2D eigenvalue weighted by atomic mass is 32.2. The molecule has 2 aromatic rings. The van der Waals surface area contributed by atoms with Crippen molar-refractivity contribution >= 4 is 15.9 Å². The first-order valence-electron chi connectivity index (χ1n) is 8.34. The number of carbonyl (C=O) groups is 1. The lowest BCUT2D eigenvalue weighted by molar-refractivity contribution is 0.0735. The minimum Gasteiger partial charge on any atom is -0.332 e. The van der Waals surface area contributed by atoms with Crippen LogP contribution in [0.3, 0.4) is 0 Å². The quantitative estimate of drug-likeness (QED) is 0.914. The van der Waals surface area contributed by atoms with Crippen molar-refractivity contribution in [2.45, 2.75) is 30.7 Å². The molecule has 0 radical (unpaired) electrons. The minimum absolute atomic E-state index is 0.0563. The molecule has 1 N–H and O–H groups in total. The molecular formula is C19H22N2O3S. The zero-order valence-corrected chi connectivity index (χ0v) is 15.2. The highest BCUT2D eigenvalue weighted by Crippen LogP contribution is 2.34. The fourth-order valence-corrected chi connectivity index (χ4v) is 4.08. The Labute approximate surface area is 148 Å². The summed E-state index contributed by atoms with van der Waals surface area (Å²) < 4.78 is 25.9. The van der Waals surface area contributed by atoms with Crippen LogP contribution in [-0.4, -0.2) is 32.8 Å². The van der Waals surface area contributed by atoms with Gasteiger partial charge in [-0.1, -0.05) is 24.3 Å². The summed E-state index contributed by atoms with van der Waals surface area (Å²) in [6.07, 6.45) is 1.92. The second-order valence-electron chi connectivity index (χ2n) is 6.25. The smallest absolute Gasteiger partial charge is 0.254 e. The number of benzene rings is 2. The van der Waals surface area contributed by atoms with Crippen LogP contribution >= 0.6 is 0 Å². The Hall–Kier alpha value is -2.18. The van der Waals surface area contributed by atoms with Crippen LogP contribution in [0, 0.1) is 6.92 Å². The number of hydrogen-bond donors (Lipinski definition) is 1. The maximum Gasteiger partial charge on any atom is 0.254 e. The van der Waals surface area contributed by atoms with Gasteiger partial charge in [0.1, 0.15) is 0 Å². The van der Waals surface area contributed by atoms with E-state index in [-0.39, 0.29) is 16.8 Å². The third-order valence-electron chi connectivity index (χ3n) is 4.74. The van der Waals surface area contributed by atoms with Crippen LogP contribution in [0.5, 0.6) is 0 Å². The lowest BCUT2D eigenvalue weighted by Gasteiger charge is -2.26. The molecule has 1 fully saturated rings. The predicted octanol–water partition coefficient (Wildman–Crippen LogP) is 2.88. The van der Waals surface area contributed by atoms with Gasteiger partial charge in [-0.15, -0.1) is 0 Å². The summed E-state index contributed by atoms with van der Waals surface area (Å²) in [5, 5.41) is 0. The minimum atomic E-state index is -3.49. The van der Waals surface area contributed by atoms with E-state index >= 15 is 0 Å². The Morgan fingerprint density at radius 2 is 1.80 bits per heavy atom. The van der Waals surface area contributed by atoms with Gasteiger partial charge in [0.2, 0.25) is 10.0 Å². The molecule has 1 heterocycles. The van der Waals surface area contributed by atoms with Gasteiger partial charge >= 0.3 is 0 Å². The molecule has 0 aliphatic carbocycles. The molecule has 25 heavy (non-hydrogen) atoms. The van der Waals surface area contributed by atoms with Crippen LogP contribution in [-0.2, 0) is 10.0 Å². The molecule has 0 aromatic heterocycles. The van der Waals surface area contributed by atoms with Gasteiger partial charge in [0.25, 0.3) is 5.91 Å². The third-order valence-corrected chi connectivity index (χ3v) is 6.17. The Balaban J connectivity index is 1.86. The molecule has 132 valence electrons. The van der Waals surface area contributed by atoms with Crippen molar-refractivity contribution < 1.29 is 13.2 Å². The first kappa shape index (κ1) is 17.6. The second-order valence-corrected chi connectivity index (χ2v) is 8.13. The number of hydrogen-bond acceptors (Lipinski definition) is 3. The van der Waals surface area contributed by atoms with E-state index in [4.69, 9.17) is 0 Å². The van der Waals surface area contributed by atoms with Gasteiger partial charge in [0.05, 0.1) is 10.9 Å². The van der Waals surface area contributed by atoms with Crippen molar-refractivity contribution in [2.75, 3.05) is 13.6 Å². The van der Waals surface area contributed by atoms with Gasteiger partial charge in [-0.2, -0.15) is 0 Å². The Morgan fingerprint density at radius 3 is 2.44 bits per heavy atom. The van der Waals surface area contributed by atoms with Crippen molar-refractivity contribution in [3.05, 3.63) is 65.2 Å². The summed E-state index contributed by atoms with van der Waals surface area (Å²) in [6.45, 7) is 2.78. The first-order valence-corrected chi connectivity index (χ1v) is 9.82. The first-order chi connectivity index (χ1) is 11.9. The third kappa shape index (κ3) is 3.45. The molecule has 0 bridgehead atoms. The van der Waals surface area contributed by atoms with Gasteiger partial charge in [-0.3, -0.25) is 4.79 Å². The molecule has 5 nitrogen and oxygen atoms in total. The SMILES string of the molecule is CNS(=O)(=O)c1ccc(C(=O)N2CCC[C@H]2c2ccccc2C)cc1. The molecule has 2 aromatic carbocycles. The van der Waals surface area contributed by atoms with Gasteiger partial charge in [-0.05, 0) is 62.2 Å². The number of nitrogens with one attached hydrogen (secondary N) is 1.